The average Bonchev–Trinajstić information content (AvgIpc) is 2.95. The van der Waals surface area contributed by atoms with E-state index in [-0.39, 0.29) is 29.4 Å². The summed E-state index contributed by atoms with van der Waals surface area (Å²) in [6.07, 6.45) is -2.74. The molecule has 0 aliphatic heterocycles. The van der Waals surface area contributed by atoms with Crippen LogP contribution in [0.15, 0.2) is 18.3 Å². The number of anilines is 1. The predicted molar refractivity (Wildman–Crippen MR) is 94.9 cm³/mol. The van der Waals surface area contributed by atoms with E-state index in [2.05, 4.69) is 20.0 Å². The van der Waals surface area contributed by atoms with E-state index in [1.54, 1.807) is 20.8 Å². The fourth-order valence-corrected chi connectivity index (χ4v) is 2.45. The van der Waals surface area contributed by atoms with Gasteiger partial charge in [0.25, 0.3) is 5.91 Å². The molecule has 0 fully saturated rings. The number of carbonyl (C=O) groups is 2. The standard InChI is InChI=1S/C18H19F4N3O4/c1-4-28-16(27)13-9(2)14(24-10(13)3)15(26)25-11-5-6-12(23-7-11)29-8-18(21,22)17(19)20/h5-7,17,24H,4,8H2,1-3H3,(H,25,26). The minimum Gasteiger partial charge on any atom is -0.471 e. The lowest BCUT2D eigenvalue weighted by atomic mass is 10.1. The van der Waals surface area contributed by atoms with Crippen molar-refractivity contribution in [3.8, 4) is 5.88 Å². The molecule has 0 unspecified atom stereocenters. The second kappa shape index (κ2) is 8.93. The Kier molecular flexibility index (Phi) is 6.83. The van der Waals surface area contributed by atoms with Crippen LogP contribution < -0.4 is 10.1 Å². The van der Waals surface area contributed by atoms with Gasteiger partial charge in [0.2, 0.25) is 5.88 Å². The first-order valence-electron chi connectivity index (χ1n) is 8.49. The number of alkyl halides is 4. The van der Waals surface area contributed by atoms with Gasteiger partial charge in [0.15, 0.2) is 6.61 Å². The van der Waals surface area contributed by atoms with Crippen LogP contribution in [0.3, 0.4) is 0 Å². The Morgan fingerprint density at radius 2 is 1.97 bits per heavy atom. The highest BCUT2D eigenvalue weighted by molar-refractivity contribution is 6.06. The summed E-state index contributed by atoms with van der Waals surface area (Å²) in [5.41, 5.74) is 1.47. The number of H-pyrrole nitrogens is 1. The van der Waals surface area contributed by atoms with Crippen LogP contribution in [0, 0.1) is 13.8 Å². The molecule has 11 heteroatoms. The van der Waals surface area contributed by atoms with Gasteiger partial charge in [-0.05, 0) is 32.4 Å². The van der Waals surface area contributed by atoms with Gasteiger partial charge in [-0.15, -0.1) is 0 Å². The van der Waals surface area contributed by atoms with Gasteiger partial charge in [0.05, 0.1) is 24.1 Å². The van der Waals surface area contributed by atoms with Crippen molar-refractivity contribution in [1.82, 2.24) is 9.97 Å². The molecular formula is C18H19F4N3O4. The van der Waals surface area contributed by atoms with Crippen LogP contribution in [0.2, 0.25) is 0 Å². The number of nitrogens with zero attached hydrogens (tertiary/aromatic N) is 1. The summed E-state index contributed by atoms with van der Waals surface area (Å²) in [5, 5.41) is 2.52. The molecule has 2 N–H and O–H groups in total. The number of aromatic nitrogens is 2. The van der Waals surface area contributed by atoms with Crippen molar-refractivity contribution < 1.29 is 36.6 Å². The summed E-state index contributed by atoms with van der Waals surface area (Å²) in [6, 6.07) is 2.45. The van der Waals surface area contributed by atoms with Gasteiger partial charge in [0, 0.05) is 11.8 Å². The van der Waals surface area contributed by atoms with Gasteiger partial charge in [-0.3, -0.25) is 4.79 Å². The highest BCUT2D eigenvalue weighted by Crippen LogP contribution is 2.24. The number of nitrogens with one attached hydrogen (secondary N) is 2. The third-order valence-corrected chi connectivity index (χ3v) is 3.87. The number of esters is 1. The zero-order valence-electron chi connectivity index (χ0n) is 15.8. The van der Waals surface area contributed by atoms with E-state index in [9.17, 15) is 27.2 Å². The van der Waals surface area contributed by atoms with E-state index in [4.69, 9.17) is 4.74 Å². The maximum Gasteiger partial charge on any atom is 0.340 e. The van der Waals surface area contributed by atoms with Crippen LogP contribution in [-0.4, -0.2) is 47.4 Å². The maximum absolute atomic E-state index is 12.9. The zero-order chi connectivity index (χ0) is 21.8. The lowest BCUT2D eigenvalue weighted by Gasteiger charge is -2.15. The van der Waals surface area contributed by atoms with Crippen molar-refractivity contribution in [1.29, 1.82) is 0 Å². The molecule has 2 aromatic rings. The largest absolute Gasteiger partial charge is 0.471 e. The van der Waals surface area contributed by atoms with Gasteiger partial charge >= 0.3 is 18.3 Å². The number of carbonyl (C=O) groups excluding carboxylic acids is 2. The SMILES string of the molecule is CCOC(=O)c1c(C)[nH]c(C(=O)Nc2ccc(OCC(F)(F)C(F)F)nc2)c1C. The van der Waals surface area contributed by atoms with Crippen molar-refractivity contribution in [3.05, 3.63) is 40.8 Å². The Hall–Kier alpha value is -3.11. The van der Waals surface area contributed by atoms with E-state index in [1.807, 2.05) is 0 Å². The molecule has 2 rings (SSSR count). The van der Waals surface area contributed by atoms with Crippen molar-refractivity contribution in [2.75, 3.05) is 18.5 Å². The van der Waals surface area contributed by atoms with E-state index in [0.717, 1.165) is 12.3 Å². The Bertz CT molecular complexity index is 882. The first kappa shape index (κ1) is 22.2. The smallest absolute Gasteiger partial charge is 0.340 e. The molecular weight excluding hydrogens is 398 g/mol. The number of amides is 1. The molecule has 0 aliphatic carbocycles. The third-order valence-electron chi connectivity index (χ3n) is 3.87. The van der Waals surface area contributed by atoms with Gasteiger partial charge in [0.1, 0.15) is 5.69 Å². The second-order valence-electron chi connectivity index (χ2n) is 6.04. The average molecular weight is 417 g/mol. The number of hydrogen-bond acceptors (Lipinski definition) is 5. The molecule has 0 bridgehead atoms. The van der Waals surface area contributed by atoms with Crippen LogP contribution >= 0.6 is 0 Å². The number of aryl methyl sites for hydroxylation is 1. The quantitative estimate of drug-likeness (QED) is 0.504. The Morgan fingerprint density at radius 1 is 1.28 bits per heavy atom. The number of ether oxygens (including phenoxy) is 2. The normalized spacial score (nSPS) is 11.4. The van der Waals surface area contributed by atoms with Gasteiger partial charge in [-0.25, -0.2) is 18.6 Å². The van der Waals surface area contributed by atoms with Crippen LogP contribution in [0.5, 0.6) is 5.88 Å². The molecule has 0 aliphatic rings. The summed E-state index contributed by atoms with van der Waals surface area (Å²) >= 11 is 0. The van der Waals surface area contributed by atoms with E-state index >= 15 is 0 Å². The van der Waals surface area contributed by atoms with Gasteiger partial charge < -0.3 is 19.8 Å². The number of halogens is 4. The van der Waals surface area contributed by atoms with Crippen molar-refractivity contribution in [3.63, 3.8) is 0 Å². The van der Waals surface area contributed by atoms with E-state index < -0.39 is 30.8 Å². The van der Waals surface area contributed by atoms with Gasteiger partial charge in [-0.2, -0.15) is 8.78 Å². The Balaban J connectivity index is 2.06. The van der Waals surface area contributed by atoms with Crippen LogP contribution in [-0.2, 0) is 4.74 Å². The summed E-state index contributed by atoms with van der Waals surface area (Å²) in [6.45, 7) is 3.54. The van der Waals surface area contributed by atoms with Crippen LogP contribution in [0.1, 0.15) is 39.0 Å². The van der Waals surface area contributed by atoms with Crippen LogP contribution in [0.25, 0.3) is 0 Å². The molecule has 2 heterocycles. The number of hydrogen-bond donors (Lipinski definition) is 2. The summed E-state index contributed by atoms with van der Waals surface area (Å²) in [5.74, 6) is -5.73. The fraction of sp³-hybridized carbons (Fsp3) is 0.389. The number of rotatable bonds is 8. The minimum absolute atomic E-state index is 0.141. The topological polar surface area (TPSA) is 93.3 Å². The molecule has 1 amide bonds. The highest BCUT2D eigenvalue weighted by atomic mass is 19.3. The second-order valence-corrected chi connectivity index (χ2v) is 6.04. The summed E-state index contributed by atoms with van der Waals surface area (Å²) in [7, 11) is 0. The molecule has 2 aromatic heterocycles. The van der Waals surface area contributed by atoms with Gasteiger partial charge in [-0.1, -0.05) is 0 Å². The lowest BCUT2D eigenvalue weighted by molar-refractivity contribution is -0.148. The third kappa shape index (κ3) is 5.24. The minimum atomic E-state index is -4.30. The molecule has 0 aromatic carbocycles. The van der Waals surface area contributed by atoms with Crippen molar-refractivity contribution >= 4 is 17.6 Å². The lowest BCUT2D eigenvalue weighted by Crippen LogP contribution is -2.33. The molecule has 0 radical (unpaired) electrons. The summed E-state index contributed by atoms with van der Waals surface area (Å²) < 4.78 is 59.4. The summed E-state index contributed by atoms with van der Waals surface area (Å²) in [4.78, 5) is 31.0. The number of aromatic amines is 1. The van der Waals surface area contributed by atoms with Crippen molar-refractivity contribution in [2.24, 2.45) is 0 Å². The molecule has 29 heavy (non-hydrogen) atoms. The molecule has 7 nitrogen and oxygen atoms in total. The fourth-order valence-electron chi connectivity index (χ4n) is 2.45. The molecule has 158 valence electrons. The number of pyridine rings is 1. The zero-order valence-corrected chi connectivity index (χ0v) is 15.8. The predicted octanol–water partition coefficient (Wildman–Crippen LogP) is 3.73. The monoisotopic (exact) mass is 417 g/mol. The van der Waals surface area contributed by atoms with E-state index in [1.165, 1.54) is 6.07 Å². The molecule has 0 saturated heterocycles. The maximum atomic E-state index is 12.9. The highest BCUT2D eigenvalue weighted by Gasteiger charge is 2.41. The van der Waals surface area contributed by atoms with Crippen molar-refractivity contribution in [2.45, 2.75) is 33.1 Å². The molecule has 0 saturated carbocycles. The first-order valence-corrected chi connectivity index (χ1v) is 8.49. The molecule has 0 spiro atoms. The Morgan fingerprint density at radius 3 is 2.52 bits per heavy atom. The van der Waals surface area contributed by atoms with Crippen LogP contribution in [0.4, 0.5) is 23.2 Å². The Labute approximate surface area is 163 Å². The van der Waals surface area contributed by atoms with E-state index in [0.29, 0.717) is 11.3 Å². The molecule has 0 atom stereocenters. The first-order chi connectivity index (χ1) is 13.6.